The Kier molecular flexibility index (Phi) is 4.29. The maximum Gasteiger partial charge on any atom is 0.159 e. The molecule has 0 radical (unpaired) electrons. The van der Waals surface area contributed by atoms with Crippen LogP contribution in [-0.4, -0.2) is 25.9 Å². The number of aliphatic hydroxyl groups is 1. The standard InChI is InChI=1S/C11H16O3S/c1-2-11(15(13,14)9-8-12)10-6-4-3-5-7-10/h3-7,11-12H,2,8-9H2,1H3/t11-/m1/s1. The Morgan fingerprint density at radius 2 is 1.87 bits per heavy atom. The molecule has 84 valence electrons. The summed E-state index contributed by atoms with van der Waals surface area (Å²) in [5.41, 5.74) is 0.799. The van der Waals surface area contributed by atoms with Gasteiger partial charge in [0, 0.05) is 0 Å². The maximum atomic E-state index is 11.8. The minimum absolute atomic E-state index is 0.166. The molecule has 1 aromatic carbocycles. The van der Waals surface area contributed by atoms with E-state index in [0.717, 1.165) is 5.56 Å². The summed E-state index contributed by atoms with van der Waals surface area (Å²) in [6, 6.07) is 9.12. The van der Waals surface area contributed by atoms with Crippen molar-refractivity contribution in [1.29, 1.82) is 0 Å². The average molecular weight is 228 g/mol. The smallest absolute Gasteiger partial charge is 0.159 e. The zero-order valence-corrected chi connectivity index (χ0v) is 9.57. The first kappa shape index (κ1) is 12.2. The number of aliphatic hydroxyl groups excluding tert-OH is 1. The van der Waals surface area contributed by atoms with Crippen LogP contribution in [0, 0.1) is 0 Å². The van der Waals surface area contributed by atoms with Gasteiger partial charge in [-0.2, -0.15) is 0 Å². The second kappa shape index (κ2) is 5.28. The molecule has 0 aliphatic rings. The van der Waals surface area contributed by atoms with Gasteiger partial charge in [-0.1, -0.05) is 37.3 Å². The van der Waals surface area contributed by atoms with Crippen LogP contribution >= 0.6 is 0 Å². The van der Waals surface area contributed by atoms with Crippen LogP contribution in [0.3, 0.4) is 0 Å². The Balaban J connectivity index is 3.00. The normalized spacial score (nSPS) is 13.7. The van der Waals surface area contributed by atoms with Crippen molar-refractivity contribution in [2.45, 2.75) is 18.6 Å². The molecule has 0 aliphatic heterocycles. The molecule has 0 spiro atoms. The first-order chi connectivity index (χ1) is 7.11. The third kappa shape index (κ3) is 3.04. The molecule has 15 heavy (non-hydrogen) atoms. The quantitative estimate of drug-likeness (QED) is 0.831. The molecule has 0 fully saturated rings. The van der Waals surface area contributed by atoms with E-state index in [-0.39, 0.29) is 12.4 Å². The van der Waals surface area contributed by atoms with Gasteiger partial charge in [0.2, 0.25) is 0 Å². The molecule has 4 heteroatoms. The summed E-state index contributed by atoms with van der Waals surface area (Å²) in [6.07, 6.45) is 0.534. The minimum atomic E-state index is -3.23. The number of hydrogen-bond acceptors (Lipinski definition) is 3. The fourth-order valence-corrected chi connectivity index (χ4v) is 3.25. The van der Waals surface area contributed by atoms with Crippen molar-refractivity contribution in [1.82, 2.24) is 0 Å². The third-order valence-corrected chi connectivity index (χ3v) is 4.58. The second-order valence-electron chi connectivity index (χ2n) is 3.40. The van der Waals surface area contributed by atoms with E-state index in [1.807, 2.05) is 37.3 Å². The predicted octanol–water partition coefficient (Wildman–Crippen LogP) is 1.54. The molecule has 0 bridgehead atoms. The van der Waals surface area contributed by atoms with E-state index >= 15 is 0 Å². The summed E-state index contributed by atoms with van der Waals surface area (Å²) < 4.78 is 23.6. The van der Waals surface area contributed by atoms with Crippen LogP contribution in [-0.2, 0) is 9.84 Å². The van der Waals surface area contributed by atoms with Gasteiger partial charge in [0.1, 0.15) is 0 Å². The first-order valence-electron chi connectivity index (χ1n) is 4.99. The topological polar surface area (TPSA) is 54.4 Å². The van der Waals surface area contributed by atoms with Crippen molar-refractivity contribution in [3.05, 3.63) is 35.9 Å². The molecule has 0 saturated carbocycles. The third-order valence-electron chi connectivity index (χ3n) is 2.35. The predicted molar refractivity (Wildman–Crippen MR) is 60.3 cm³/mol. The van der Waals surface area contributed by atoms with Crippen molar-refractivity contribution in [3.8, 4) is 0 Å². The van der Waals surface area contributed by atoms with Crippen LogP contribution < -0.4 is 0 Å². The van der Waals surface area contributed by atoms with E-state index in [0.29, 0.717) is 6.42 Å². The summed E-state index contributed by atoms with van der Waals surface area (Å²) in [4.78, 5) is 0. The van der Waals surface area contributed by atoms with Gasteiger partial charge in [0.25, 0.3) is 0 Å². The summed E-state index contributed by atoms with van der Waals surface area (Å²) in [5, 5.41) is 8.22. The first-order valence-corrected chi connectivity index (χ1v) is 6.70. The fourth-order valence-electron chi connectivity index (χ4n) is 1.63. The molecule has 0 amide bonds. The van der Waals surface area contributed by atoms with Crippen molar-refractivity contribution < 1.29 is 13.5 Å². The van der Waals surface area contributed by atoms with Crippen LogP contribution in [0.15, 0.2) is 30.3 Å². The number of benzene rings is 1. The van der Waals surface area contributed by atoms with Gasteiger partial charge in [-0.25, -0.2) is 8.42 Å². The summed E-state index contributed by atoms with van der Waals surface area (Å²) in [5.74, 6) is -0.166. The van der Waals surface area contributed by atoms with E-state index in [2.05, 4.69) is 0 Å². The molecule has 3 nitrogen and oxygen atoms in total. The molecule has 1 rings (SSSR count). The number of sulfone groups is 1. The second-order valence-corrected chi connectivity index (χ2v) is 5.70. The molecule has 1 atom stereocenters. The van der Waals surface area contributed by atoms with Gasteiger partial charge in [0.05, 0.1) is 17.6 Å². The molecule has 1 aromatic rings. The highest BCUT2D eigenvalue weighted by atomic mass is 32.2. The lowest BCUT2D eigenvalue weighted by atomic mass is 10.1. The van der Waals surface area contributed by atoms with Crippen LogP contribution in [0.1, 0.15) is 24.2 Å². The monoisotopic (exact) mass is 228 g/mol. The highest BCUT2D eigenvalue weighted by Gasteiger charge is 2.24. The maximum absolute atomic E-state index is 11.8. The molecule has 0 heterocycles. The van der Waals surface area contributed by atoms with Crippen molar-refractivity contribution >= 4 is 9.84 Å². The van der Waals surface area contributed by atoms with Crippen molar-refractivity contribution in [3.63, 3.8) is 0 Å². The lowest BCUT2D eigenvalue weighted by molar-refractivity contribution is 0.319. The van der Waals surface area contributed by atoms with E-state index < -0.39 is 15.1 Å². The van der Waals surface area contributed by atoms with Gasteiger partial charge in [-0.3, -0.25) is 0 Å². The zero-order valence-electron chi connectivity index (χ0n) is 8.76. The van der Waals surface area contributed by atoms with Crippen LogP contribution in [0.4, 0.5) is 0 Å². The summed E-state index contributed by atoms with van der Waals surface area (Å²) in [6.45, 7) is 1.53. The van der Waals surface area contributed by atoms with E-state index in [1.165, 1.54) is 0 Å². The zero-order chi connectivity index (χ0) is 11.3. The Hall–Kier alpha value is -0.870. The van der Waals surface area contributed by atoms with Gasteiger partial charge in [-0.05, 0) is 12.0 Å². The Morgan fingerprint density at radius 1 is 1.27 bits per heavy atom. The van der Waals surface area contributed by atoms with E-state index in [9.17, 15) is 8.42 Å². The Morgan fingerprint density at radius 3 is 2.33 bits per heavy atom. The highest BCUT2D eigenvalue weighted by Crippen LogP contribution is 2.25. The lowest BCUT2D eigenvalue weighted by Gasteiger charge is -2.15. The lowest BCUT2D eigenvalue weighted by Crippen LogP contribution is -2.18. The fraction of sp³-hybridized carbons (Fsp3) is 0.455. The largest absolute Gasteiger partial charge is 0.395 e. The van der Waals surface area contributed by atoms with Gasteiger partial charge < -0.3 is 5.11 Å². The molecule has 0 unspecified atom stereocenters. The summed E-state index contributed by atoms with van der Waals surface area (Å²) >= 11 is 0. The van der Waals surface area contributed by atoms with Crippen molar-refractivity contribution in [2.24, 2.45) is 0 Å². The molecular weight excluding hydrogens is 212 g/mol. The molecule has 0 saturated heterocycles. The number of hydrogen-bond donors (Lipinski definition) is 1. The van der Waals surface area contributed by atoms with Gasteiger partial charge in [-0.15, -0.1) is 0 Å². The van der Waals surface area contributed by atoms with E-state index in [4.69, 9.17) is 5.11 Å². The van der Waals surface area contributed by atoms with Crippen LogP contribution in [0.2, 0.25) is 0 Å². The van der Waals surface area contributed by atoms with Crippen LogP contribution in [0.25, 0.3) is 0 Å². The van der Waals surface area contributed by atoms with Gasteiger partial charge in [0.15, 0.2) is 9.84 Å². The molecule has 1 N–H and O–H groups in total. The minimum Gasteiger partial charge on any atom is -0.395 e. The van der Waals surface area contributed by atoms with Crippen LogP contribution in [0.5, 0.6) is 0 Å². The summed E-state index contributed by atoms with van der Waals surface area (Å²) in [7, 11) is -3.23. The number of rotatable bonds is 5. The van der Waals surface area contributed by atoms with E-state index in [1.54, 1.807) is 0 Å². The van der Waals surface area contributed by atoms with Crippen molar-refractivity contribution in [2.75, 3.05) is 12.4 Å². The molecule has 0 aromatic heterocycles. The SMILES string of the molecule is CC[C@H](c1ccccc1)S(=O)(=O)CCO. The molecule has 0 aliphatic carbocycles. The highest BCUT2D eigenvalue weighted by molar-refractivity contribution is 7.91. The average Bonchev–Trinajstić information content (AvgIpc) is 2.19. The van der Waals surface area contributed by atoms with Gasteiger partial charge >= 0.3 is 0 Å². The Bertz CT molecular complexity index is 384. The molecular formula is C11H16O3S. The Labute approximate surface area is 90.7 Å².